The molecule has 0 bridgehead atoms. The molecule has 4 aromatic rings. The summed E-state index contributed by atoms with van der Waals surface area (Å²) in [6, 6.07) is 15.2. The van der Waals surface area contributed by atoms with Crippen LogP contribution in [0.2, 0.25) is 0 Å². The fraction of sp³-hybridized carbons (Fsp3) is 0.130. The SMILES string of the molecule is CC(=O)c1ccc(OCC(=O)Nc2nc3ccc(-c4ccccc4OC(F)(F)F)cn3n2)cc1. The molecule has 0 atom stereocenters. The standard InChI is InChI=1S/C23H17F3N4O4/c1-14(31)15-6-9-17(10-7-15)33-13-21(32)28-22-27-20-11-8-16(12-30(20)29-22)18-4-2-3-5-19(18)34-23(24,25)26/h2-12H,13H2,1H3,(H,28,29,32). The summed E-state index contributed by atoms with van der Waals surface area (Å²) < 4.78 is 49.0. The molecule has 0 aliphatic rings. The van der Waals surface area contributed by atoms with E-state index in [0.29, 0.717) is 22.5 Å². The Morgan fingerprint density at radius 3 is 2.47 bits per heavy atom. The topological polar surface area (TPSA) is 94.8 Å². The van der Waals surface area contributed by atoms with Crippen LogP contribution in [-0.4, -0.2) is 39.3 Å². The second kappa shape index (κ2) is 9.22. The van der Waals surface area contributed by atoms with Crippen LogP contribution in [0.1, 0.15) is 17.3 Å². The maximum absolute atomic E-state index is 12.7. The Hall–Kier alpha value is -4.41. The number of nitrogens with zero attached hydrogens (tertiary/aromatic N) is 3. The number of halogens is 3. The van der Waals surface area contributed by atoms with Crippen LogP contribution in [0, 0.1) is 0 Å². The number of nitrogens with one attached hydrogen (secondary N) is 1. The number of Topliss-reactive ketones (excluding diaryl/α,β-unsaturated/α-hetero) is 1. The summed E-state index contributed by atoms with van der Waals surface area (Å²) in [5, 5.41) is 6.64. The molecule has 0 aliphatic heterocycles. The number of carbonyl (C=O) groups excluding carboxylic acids is 2. The third-order valence-electron chi connectivity index (χ3n) is 4.64. The van der Waals surface area contributed by atoms with Crippen LogP contribution in [0.5, 0.6) is 11.5 Å². The van der Waals surface area contributed by atoms with Gasteiger partial charge in [-0.3, -0.25) is 14.9 Å². The minimum absolute atomic E-state index is 0.00231. The van der Waals surface area contributed by atoms with Crippen molar-refractivity contribution in [3.05, 3.63) is 72.4 Å². The second-order valence-electron chi connectivity index (χ2n) is 7.12. The lowest BCUT2D eigenvalue weighted by Crippen LogP contribution is -2.20. The predicted molar refractivity (Wildman–Crippen MR) is 116 cm³/mol. The maximum Gasteiger partial charge on any atom is 0.573 e. The Morgan fingerprint density at radius 1 is 1.03 bits per heavy atom. The summed E-state index contributed by atoms with van der Waals surface area (Å²) in [4.78, 5) is 27.7. The molecule has 8 nitrogen and oxygen atoms in total. The maximum atomic E-state index is 12.7. The van der Waals surface area contributed by atoms with E-state index in [4.69, 9.17) is 4.74 Å². The van der Waals surface area contributed by atoms with Gasteiger partial charge in [0, 0.05) is 22.9 Å². The van der Waals surface area contributed by atoms with E-state index < -0.39 is 12.3 Å². The molecule has 0 unspecified atom stereocenters. The zero-order valence-corrected chi connectivity index (χ0v) is 17.7. The second-order valence-corrected chi connectivity index (χ2v) is 7.12. The molecule has 0 radical (unpaired) electrons. The number of ether oxygens (including phenoxy) is 2. The average molecular weight is 470 g/mol. The first-order valence-electron chi connectivity index (χ1n) is 9.93. The largest absolute Gasteiger partial charge is 0.573 e. The molecule has 174 valence electrons. The Bertz CT molecular complexity index is 1350. The predicted octanol–water partition coefficient (Wildman–Crippen LogP) is 4.52. The Labute approximate surface area is 190 Å². The highest BCUT2D eigenvalue weighted by molar-refractivity contribution is 5.94. The first-order valence-corrected chi connectivity index (χ1v) is 9.93. The summed E-state index contributed by atoms with van der Waals surface area (Å²) in [7, 11) is 0. The van der Waals surface area contributed by atoms with E-state index in [2.05, 4.69) is 20.1 Å². The number of ketones is 1. The van der Waals surface area contributed by atoms with Gasteiger partial charge in [0.1, 0.15) is 11.5 Å². The Balaban J connectivity index is 1.45. The summed E-state index contributed by atoms with van der Waals surface area (Å²) in [6.45, 7) is 1.13. The molecular weight excluding hydrogens is 453 g/mol. The molecule has 0 fully saturated rings. The molecule has 1 amide bonds. The van der Waals surface area contributed by atoms with E-state index in [9.17, 15) is 22.8 Å². The number of carbonyl (C=O) groups is 2. The van der Waals surface area contributed by atoms with Crippen LogP contribution in [0.3, 0.4) is 0 Å². The van der Waals surface area contributed by atoms with Crippen LogP contribution in [0.25, 0.3) is 16.8 Å². The summed E-state index contributed by atoms with van der Waals surface area (Å²) in [6.07, 6.45) is -3.36. The number of rotatable bonds is 7. The van der Waals surface area contributed by atoms with Crippen LogP contribution >= 0.6 is 0 Å². The highest BCUT2D eigenvalue weighted by Gasteiger charge is 2.32. The quantitative estimate of drug-likeness (QED) is 0.399. The molecule has 34 heavy (non-hydrogen) atoms. The van der Waals surface area contributed by atoms with Gasteiger partial charge in [0.25, 0.3) is 5.91 Å². The van der Waals surface area contributed by atoms with Gasteiger partial charge < -0.3 is 9.47 Å². The number of anilines is 1. The molecule has 2 heterocycles. The number of benzene rings is 2. The zero-order chi connectivity index (χ0) is 24.3. The third-order valence-corrected chi connectivity index (χ3v) is 4.64. The number of para-hydroxylation sites is 1. The molecule has 11 heteroatoms. The monoisotopic (exact) mass is 470 g/mol. The highest BCUT2D eigenvalue weighted by atomic mass is 19.4. The van der Waals surface area contributed by atoms with Crippen LogP contribution in [0.15, 0.2) is 66.9 Å². The van der Waals surface area contributed by atoms with Crippen LogP contribution in [0.4, 0.5) is 19.1 Å². The van der Waals surface area contributed by atoms with E-state index in [1.807, 2.05) is 0 Å². The Morgan fingerprint density at radius 2 is 1.76 bits per heavy atom. The molecule has 1 N–H and O–H groups in total. The minimum atomic E-state index is -4.83. The van der Waals surface area contributed by atoms with Crippen molar-refractivity contribution in [1.82, 2.24) is 14.6 Å². The molecule has 0 aliphatic carbocycles. The van der Waals surface area contributed by atoms with Crippen molar-refractivity contribution in [3.63, 3.8) is 0 Å². The lowest BCUT2D eigenvalue weighted by Gasteiger charge is -2.13. The number of aromatic nitrogens is 3. The van der Waals surface area contributed by atoms with E-state index in [0.717, 1.165) is 0 Å². The molecule has 0 saturated heterocycles. The molecule has 0 spiro atoms. The fourth-order valence-corrected chi connectivity index (χ4v) is 3.11. The van der Waals surface area contributed by atoms with Crippen molar-refractivity contribution in [2.75, 3.05) is 11.9 Å². The lowest BCUT2D eigenvalue weighted by atomic mass is 10.1. The number of hydrogen-bond donors (Lipinski definition) is 1. The molecule has 2 aromatic carbocycles. The van der Waals surface area contributed by atoms with Crippen molar-refractivity contribution in [2.45, 2.75) is 13.3 Å². The minimum Gasteiger partial charge on any atom is -0.484 e. The molecule has 2 aromatic heterocycles. The number of hydrogen-bond acceptors (Lipinski definition) is 6. The highest BCUT2D eigenvalue weighted by Crippen LogP contribution is 2.33. The van der Waals surface area contributed by atoms with E-state index in [1.54, 1.807) is 42.5 Å². The first-order chi connectivity index (χ1) is 16.2. The van der Waals surface area contributed by atoms with Crippen molar-refractivity contribution in [1.29, 1.82) is 0 Å². The summed E-state index contributed by atoms with van der Waals surface area (Å²) in [5.41, 5.74) is 1.52. The van der Waals surface area contributed by atoms with Gasteiger partial charge in [0.05, 0.1) is 0 Å². The van der Waals surface area contributed by atoms with Crippen molar-refractivity contribution < 1.29 is 32.2 Å². The summed E-state index contributed by atoms with van der Waals surface area (Å²) >= 11 is 0. The first kappa shape index (κ1) is 22.8. The number of fused-ring (bicyclic) bond motifs is 1. The van der Waals surface area contributed by atoms with Gasteiger partial charge >= 0.3 is 6.36 Å². The van der Waals surface area contributed by atoms with E-state index in [1.165, 1.54) is 35.8 Å². The van der Waals surface area contributed by atoms with Gasteiger partial charge in [0.2, 0.25) is 5.95 Å². The van der Waals surface area contributed by atoms with Crippen molar-refractivity contribution in [2.24, 2.45) is 0 Å². The van der Waals surface area contributed by atoms with Gasteiger partial charge in [0.15, 0.2) is 18.0 Å². The van der Waals surface area contributed by atoms with Gasteiger partial charge in [-0.2, -0.15) is 4.98 Å². The number of alkyl halides is 3. The van der Waals surface area contributed by atoms with E-state index >= 15 is 0 Å². The Kier molecular flexibility index (Phi) is 6.17. The third kappa shape index (κ3) is 5.49. The average Bonchev–Trinajstić information content (AvgIpc) is 3.18. The molecule has 0 saturated carbocycles. The van der Waals surface area contributed by atoms with Crippen LogP contribution in [-0.2, 0) is 4.79 Å². The van der Waals surface area contributed by atoms with Gasteiger partial charge in [-0.15, -0.1) is 18.3 Å². The number of amides is 1. The van der Waals surface area contributed by atoms with Gasteiger partial charge in [-0.1, -0.05) is 18.2 Å². The van der Waals surface area contributed by atoms with Gasteiger partial charge in [-0.25, -0.2) is 4.52 Å². The van der Waals surface area contributed by atoms with Crippen molar-refractivity contribution in [3.8, 4) is 22.6 Å². The van der Waals surface area contributed by atoms with Crippen LogP contribution < -0.4 is 14.8 Å². The van der Waals surface area contributed by atoms with Gasteiger partial charge in [-0.05, 0) is 49.4 Å². The normalized spacial score (nSPS) is 11.3. The fourth-order valence-electron chi connectivity index (χ4n) is 3.11. The van der Waals surface area contributed by atoms with Crippen molar-refractivity contribution >= 4 is 23.3 Å². The molecular formula is C23H17F3N4O4. The van der Waals surface area contributed by atoms with E-state index in [-0.39, 0.29) is 29.7 Å². The molecule has 4 rings (SSSR count). The summed E-state index contributed by atoms with van der Waals surface area (Å²) in [5.74, 6) is -0.543. The number of pyridine rings is 1. The smallest absolute Gasteiger partial charge is 0.484 e. The lowest BCUT2D eigenvalue weighted by molar-refractivity contribution is -0.274. The zero-order valence-electron chi connectivity index (χ0n) is 17.7.